The Labute approximate surface area is 165 Å². The molecule has 0 fully saturated rings. The van der Waals surface area contributed by atoms with Gasteiger partial charge in [-0.25, -0.2) is 0 Å². The van der Waals surface area contributed by atoms with Crippen molar-refractivity contribution < 1.29 is 14.3 Å². The zero-order valence-electron chi connectivity index (χ0n) is 15.9. The van der Waals surface area contributed by atoms with Crippen LogP contribution in [-0.2, 0) is 9.59 Å². The Balaban J connectivity index is 1.84. The number of para-hydroxylation sites is 1. The van der Waals surface area contributed by atoms with Gasteiger partial charge in [-0.05, 0) is 43.2 Å². The molecule has 0 radical (unpaired) electrons. The van der Waals surface area contributed by atoms with Crippen LogP contribution < -0.4 is 15.0 Å². The summed E-state index contributed by atoms with van der Waals surface area (Å²) in [6.07, 6.45) is 0.249. The van der Waals surface area contributed by atoms with Crippen molar-refractivity contribution in [3.05, 3.63) is 58.6 Å². The number of amides is 2. The highest BCUT2D eigenvalue weighted by molar-refractivity contribution is 6.34. The number of halogens is 1. The third-order valence-corrected chi connectivity index (χ3v) is 4.34. The standard InChI is InChI=1S/C21H25ClN2O3/c1-15-13-16(2)21(19(22)14-15)24(17(3)25)11-10-23-20(26)9-12-27-18-7-5-4-6-8-18/h4-8,13-14H,9-12H2,1-3H3,(H,23,26). The topological polar surface area (TPSA) is 58.6 Å². The van der Waals surface area contributed by atoms with E-state index in [2.05, 4.69) is 5.32 Å². The second-order valence-electron chi connectivity index (χ2n) is 6.34. The zero-order valence-corrected chi connectivity index (χ0v) is 16.7. The first-order valence-electron chi connectivity index (χ1n) is 8.88. The van der Waals surface area contributed by atoms with Gasteiger partial charge in [-0.15, -0.1) is 0 Å². The highest BCUT2D eigenvalue weighted by Gasteiger charge is 2.17. The van der Waals surface area contributed by atoms with Crippen LogP contribution in [0.25, 0.3) is 0 Å². The number of anilines is 1. The Bertz CT molecular complexity index is 770. The molecule has 0 bridgehead atoms. The number of hydrogen-bond acceptors (Lipinski definition) is 3. The Morgan fingerprint density at radius 1 is 1.15 bits per heavy atom. The van der Waals surface area contributed by atoms with Crippen LogP contribution in [0.3, 0.4) is 0 Å². The summed E-state index contributed by atoms with van der Waals surface area (Å²) in [5.74, 6) is 0.490. The molecule has 2 aromatic carbocycles. The van der Waals surface area contributed by atoms with Gasteiger partial charge < -0.3 is 15.0 Å². The molecule has 0 aliphatic rings. The van der Waals surface area contributed by atoms with E-state index in [1.165, 1.54) is 6.92 Å². The molecule has 0 saturated carbocycles. The summed E-state index contributed by atoms with van der Waals surface area (Å²) in [6, 6.07) is 13.2. The molecule has 0 atom stereocenters. The van der Waals surface area contributed by atoms with Crippen LogP contribution >= 0.6 is 11.6 Å². The number of carbonyl (C=O) groups excluding carboxylic acids is 2. The zero-order chi connectivity index (χ0) is 19.8. The molecule has 1 N–H and O–H groups in total. The Hall–Kier alpha value is -2.53. The number of carbonyl (C=O) groups is 2. The molecule has 0 aliphatic carbocycles. The van der Waals surface area contributed by atoms with Crippen molar-refractivity contribution in [3.8, 4) is 5.75 Å². The van der Waals surface area contributed by atoms with Crippen molar-refractivity contribution in [2.24, 2.45) is 0 Å². The van der Waals surface area contributed by atoms with Gasteiger partial charge in [0.25, 0.3) is 0 Å². The first kappa shape index (κ1) is 20.8. The molecule has 0 aromatic heterocycles. The van der Waals surface area contributed by atoms with Gasteiger partial charge in [0.1, 0.15) is 5.75 Å². The predicted octanol–water partition coefficient (Wildman–Crippen LogP) is 3.90. The smallest absolute Gasteiger partial charge is 0.223 e. The van der Waals surface area contributed by atoms with Gasteiger partial charge in [-0.3, -0.25) is 9.59 Å². The highest BCUT2D eigenvalue weighted by atomic mass is 35.5. The van der Waals surface area contributed by atoms with Crippen LogP contribution in [0.15, 0.2) is 42.5 Å². The van der Waals surface area contributed by atoms with Crippen molar-refractivity contribution >= 4 is 29.1 Å². The summed E-state index contributed by atoms with van der Waals surface area (Å²) >= 11 is 6.34. The fraction of sp³-hybridized carbons (Fsp3) is 0.333. The highest BCUT2D eigenvalue weighted by Crippen LogP contribution is 2.31. The summed E-state index contributed by atoms with van der Waals surface area (Å²) in [5, 5.41) is 3.35. The van der Waals surface area contributed by atoms with Gasteiger partial charge in [-0.2, -0.15) is 0 Å². The number of aryl methyl sites for hydroxylation is 2. The van der Waals surface area contributed by atoms with Crippen LogP contribution in [0.1, 0.15) is 24.5 Å². The summed E-state index contributed by atoms with van der Waals surface area (Å²) in [6.45, 7) is 6.36. The summed E-state index contributed by atoms with van der Waals surface area (Å²) in [7, 11) is 0. The molecule has 144 valence electrons. The lowest BCUT2D eigenvalue weighted by Gasteiger charge is -2.25. The van der Waals surface area contributed by atoms with Gasteiger partial charge in [0.15, 0.2) is 0 Å². The Morgan fingerprint density at radius 2 is 1.85 bits per heavy atom. The minimum absolute atomic E-state index is 0.120. The van der Waals surface area contributed by atoms with Gasteiger partial charge in [0.2, 0.25) is 11.8 Å². The number of rotatable bonds is 8. The quantitative estimate of drug-likeness (QED) is 0.746. The van der Waals surface area contributed by atoms with E-state index in [0.717, 1.165) is 16.9 Å². The van der Waals surface area contributed by atoms with Crippen LogP contribution in [0.2, 0.25) is 5.02 Å². The third kappa shape index (κ3) is 6.29. The number of ether oxygens (including phenoxy) is 1. The molecule has 27 heavy (non-hydrogen) atoms. The maximum absolute atomic E-state index is 12.1. The second kappa shape index (κ2) is 9.97. The minimum Gasteiger partial charge on any atom is -0.493 e. The molecular formula is C21H25ClN2O3. The van der Waals surface area contributed by atoms with Crippen molar-refractivity contribution in [2.45, 2.75) is 27.2 Å². The maximum Gasteiger partial charge on any atom is 0.223 e. The van der Waals surface area contributed by atoms with E-state index in [-0.39, 0.29) is 18.2 Å². The van der Waals surface area contributed by atoms with E-state index in [0.29, 0.717) is 30.4 Å². The van der Waals surface area contributed by atoms with Crippen LogP contribution in [0, 0.1) is 13.8 Å². The lowest BCUT2D eigenvalue weighted by Crippen LogP contribution is -2.38. The number of benzene rings is 2. The molecule has 0 saturated heterocycles. The molecule has 0 aliphatic heterocycles. The van der Waals surface area contributed by atoms with Gasteiger partial charge in [-0.1, -0.05) is 35.9 Å². The number of hydrogen-bond donors (Lipinski definition) is 1. The fourth-order valence-corrected chi connectivity index (χ4v) is 3.27. The normalized spacial score (nSPS) is 10.4. The summed E-state index contributed by atoms with van der Waals surface area (Å²) in [4.78, 5) is 25.6. The first-order chi connectivity index (χ1) is 12.9. The number of nitrogens with one attached hydrogen (secondary N) is 1. The van der Waals surface area contributed by atoms with Gasteiger partial charge in [0.05, 0.1) is 23.7 Å². The van der Waals surface area contributed by atoms with E-state index in [1.54, 1.807) is 4.90 Å². The molecular weight excluding hydrogens is 364 g/mol. The van der Waals surface area contributed by atoms with Crippen LogP contribution in [-0.4, -0.2) is 31.5 Å². The van der Waals surface area contributed by atoms with Crippen molar-refractivity contribution in [1.29, 1.82) is 0 Å². The largest absolute Gasteiger partial charge is 0.493 e. The van der Waals surface area contributed by atoms with E-state index in [1.807, 2.05) is 56.3 Å². The average Bonchev–Trinajstić information content (AvgIpc) is 2.60. The molecule has 0 spiro atoms. The van der Waals surface area contributed by atoms with Crippen LogP contribution in [0.5, 0.6) is 5.75 Å². The second-order valence-corrected chi connectivity index (χ2v) is 6.75. The summed E-state index contributed by atoms with van der Waals surface area (Å²) < 4.78 is 5.51. The molecule has 2 rings (SSSR count). The average molecular weight is 389 g/mol. The molecule has 0 heterocycles. The SMILES string of the molecule is CC(=O)N(CCNC(=O)CCOc1ccccc1)c1c(C)cc(C)cc1Cl. The number of nitrogens with zero attached hydrogens (tertiary/aromatic N) is 1. The molecule has 6 heteroatoms. The monoisotopic (exact) mass is 388 g/mol. The Kier molecular flexibility index (Phi) is 7.67. The predicted molar refractivity (Wildman–Crippen MR) is 109 cm³/mol. The van der Waals surface area contributed by atoms with Gasteiger partial charge in [0, 0.05) is 20.0 Å². The molecule has 5 nitrogen and oxygen atoms in total. The third-order valence-electron chi connectivity index (χ3n) is 4.05. The van der Waals surface area contributed by atoms with E-state index in [9.17, 15) is 9.59 Å². The molecule has 2 aromatic rings. The minimum atomic E-state index is -0.124. The lowest BCUT2D eigenvalue weighted by molar-refractivity contribution is -0.122. The summed E-state index contributed by atoms with van der Waals surface area (Å²) in [5.41, 5.74) is 2.66. The van der Waals surface area contributed by atoms with E-state index < -0.39 is 0 Å². The van der Waals surface area contributed by atoms with E-state index >= 15 is 0 Å². The lowest BCUT2D eigenvalue weighted by atomic mass is 10.1. The molecule has 0 unspecified atom stereocenters. The fourth-order valence-electron chi connectivity index (χ4n) is 2.85. The molecule has 2 amide bonds. The van der Waals surface area contributed by atoms with E-state index in [4.69, 9.17) is 16.3 Å². The van der Waals surface area contributed by atoms with Crippen LogP contribution in [0.4, 0.5) is 5.69 Å². The maximum atomic E-state index is 12.1. The van der Waals surface area contributed by atoms with Crippen molar-refractivity contribution in [2.75, 3.05) is 24.6 Å². The van der Waals surface area contributed by atoms with Crippen molar-refractivity contribution in [3.63, 3.8) is 0 Å². The Morgan fingerprint density at radius 3 is 2.48 bits per heavy atom. The van der Waals surface area contributed by atoms with Gasteiger partial charge >= 0.3 is 0 Å². The first-order valence-corrected chi connectivity index (χ1v) is 9.25. The van der Waals surface area contributed by atoms with Crippen molar-refractivity contribution in [1.82, 2.24) is 5.32 Å².